The molecule has 124 valence electrons. The van der Waals surface area contributed by atoms with Gasteiger partial charge in [0.15, 0.2) is 0 Å². The molecule has 0 aromatic heterocycles. The van der Waals surface area contributed by atoms with E-state index in [1.54, 1.807) is 24.0 Å². The first-order valence-electron chi connectivity index (χ1n) is 8.15. The highest BCUT2D eigenvalue weighted by Gasteiger charge is 2.31. The van der Waals surface area contributed by atoms with Crippen LogP contribution in [-0.4, -0.2) is 36.0 Å². The first-order chi connectivity index (χ1) is 11.0. The van der Waals surface area contributed by atoms with Crippen molar-refractivity contribution in [3.63, 3.8) is 0 Å². The fraction of sp³-hybridized carbons (Fsp3) is 0.529. The Morgan fingerprint density at radius 2 is 1.87 bits per heavy atom. The second kappa shape index (κ2) is 6.56. The quantitative estimate of drug-likeness (QED) is 0.900. The minimum absolute atomic E-state index is 0.00327. The highest BCUT2D eigenvalue weighted by Crippen LogP contribution is 2.23. The summed E-state index contributed by atoms with van der Waals surface area (Å²) < 4.78 is 13.5. The molecule has 5 nitrogen and oxygen atoms in total. The van der Waals surface area contributed by atoms with Gasteiger partial charge in [0, 0.05) is 30.7 Å². The second-order valence-electron chi connectivity index (χ2n) is 6.44. The zero-order chi connectivity index (χ0) is 16.4. The number of nitrogens with zero attached hydrogens (tertiary/aromatic N) is 1. The molecular formula is C17H22FN3O2. The van der Waals surface area contributed by atoms with E-state index in [4.69, 9.17) is 0 Å². The molecule has 1 aromatic carbocycles. The summed E-state index contributed by atoms with van der Waals surface area (Å²) in [5.41, 5.74) is 0.997. The lowest BCUT2D eigenvalue weighted by Crippen LogP contribution is -2.44. The van der Waals surface area contributed by atoms with Gasteiger partial charge in [0.25, 0.3) is 0 Å². The summed E-state index contributed by atoms with van der Waals surface area (Å²) in [7, 11) is 0. The average molecular weight is 319 g/mol. The van der Waals surface area contributed by atoms with Gasteiger partial charge in [-0.2, -0.15) is 0 Å². The monoisotopic (exact) mass is 319 g/mol. The fourth-order valence-electron chi connectivity index (χ4n) is 2.76. The summed E-state index contributed by atoms with van der Waals surface area (Å²) in [5.74, 6) is -0.220. The third-order valence-corrected chi connectivity index (χ3v) is 4.50. The number of benzene rings is 1. The molecule has 1 saturated carbocycles. The van der Waals surface area contributed by atoms with Gasteiger partial charge in [-0.25, -0.2) is 9.18 Å². The summed E-state index contributed by atoms with van der Waals surface area (Å²) >= 11 is 0. The van der Waals surface area contributed by atoms with Gasteiger partial charge in [-0.15, -0.1) is 0 Å². The Bertz CT molecular complexity index is 608. The molecule has 0 radical (unpaired) electrons. The van der Waals surface area contributed by atoms with E-state index in [0.717, 1.165) is 12.8 Å². The van der Waals surface area contributed by atoms with E-state index in [1.807, 2.05) is 0 Å². The molecule has 1 aromatic rings. The molecule has 3 rings (SSSR count). The van der Waals surface area contributed by atoms with Crippen molar-refractivity contribution in [1.29, 1.82) is 0 Å². The molecule has 1 saturated heterocycles. The van der Waals surface area contributed by atoms with Crippen LogP contribution in [-0.2, 0) is 4.79 Å². The summed E-state index contributed by atoms with van der Waals surface area (Å²) in [4.78, 5) is 25.9. The Kier molecular flexibility index (Phi) is 4.50. The SMILES string of the molecule is Cc1ccc(NC(=O)N2CCC(C(=O)NC3CC3)CC2)cc1F. The number of nitrogens with one attached hydrogen (secondary N) is 2. The zero-order valence-corrected chi connectivity index (χ0v) is 13.3. The van der Waals surface area contributed by atoms with Crippen LogP contribution in [0.15, 0.2) is 18.2 Å². The Balaban J connectivity index is 1.49. The number of carbonyl (C=O) groups excluding carboxylic acids is 2. The molecule has 3 amide bonds. The van der Waals surface area contributed by atoms with Crippen LogP contribution in [0.1, 0.15) is 31.2 Å². The van der Waals surface area contributed by atoms with E-state index < -0.39 is 0 Å². The number of rotatable bonds is 3. The van der Waals surface area contributed by atoms with Crippen LogP contribution in [0, 0.1) is 18.7 Å². The third kappa shape index (κ3) is 4.00. The van der Waals surface area contributed by atoms with Crippen molar-refractivity contribution in [1.82, 2.24) is 10.2 Å². The Morgan fingerprint density at radius 3 is 2.48 bits per heavy atom. The average Bonchev–Trinajstić information content (AvgIpc) is 3.35. The van der Waals surface area contributed by atoms with Gasteiger partial charge in [0.2, 0.25) is 5.91 Å². The molecule has 6 heteroatoms. The first-order valence-corrected chi connectivity index (χ1v) is 8.15. The van der Waals surface area contributed by atoms with Gasteiger partial charge in [-0.05, 0) is 50.3 Å². The van der Waals surface area contributed by atoms with Crippen molar-refractivity contribution < 1.29 is 14.0 Å². The smallest absolute Gasteiger partial charge is 0.321 e. The van der Waals surface area contributed by atoms with Crippen LogP contribution < -0.4 is 10.6 Å². The van der Waals surface area contributed by atoms with Crippen LogP contribution in [0.5, 0.6) is 0 Å². The number of likely N-dealkylation sites (tertiary alicyclic amines) is 1. The Hall–Kier alpha value is -2.11. The maximum Gasteiger partial charge on any atom is 0.321 e. The Morgan fingerprint density at radius 1 is 1.17 bits per heavy atom. The van der Waals surface area contributed by atoms with Gasteiger partial charge in [-0.1, -0.05) is 6.07 Å². The summed E-state index contributed by atoms with van der Waals surface area (Å²) in [5, 5.41) is 5.73. The van der Waals surface area contributed by atoms with E-state index >= 15 is 0 Å². The predicted molar refractivity (Wildman–Crippen MR) is 85.6 cm³/mol. The van der Waals surface area contributed by atoms with Gasteiger partial charge < -0.3 is 15.5 Å². The molecule has 2 N–H and O–H groups in total. The number of halogens is 1. The molecular weight excluding hydrogens is 297 g/mol. The largest absolute Gasteiger partial charge is 0.353 e. The lowest BCUT2D eigenvalue weighted by Gasteiger charge is -2.31. The lowest BCUT2D eigenvalue weighted by atomic mass is 9.96. The molecule has 2 aliphatic rings. The van der Waals surface area contributed by atoms with Crippen LogP contribution in [0.2, 0.25) is 0 Å². The standard InChI is InChI=1S/C17H22FN3O2/c1-11-2-3-14(10-15(11)18)20-17(23)21-8-6-12(7-9-21)16(22)19-13-4-5-13/h2-3,10,12-13H,4-9H2,1H3,(H,19,22)(H,20,23). The van der Waals surface area contributed by atoms with Crippen molar-refractivity contribution in [3.8, 4) is 0 Å². The molecule has 0 unspecified atom stereocenters. The number of piperidine rings is 1. The number of hydrogen-bond acceptors (Lipinski definition) is 2. The molecule has 1 aliphatic heterocycles. The molecule has 23 heavy (non-hydrogen) atoms. The second-order valence-corrected chi connectivity index (χ2v) is 6.44. The van der Waals surface area contributed by atoms with Crippen molar-refractivity contribution in [2.45, 2.75) is 38.6 Å². The van der Waals surface area contributed by atoms with Crippen molar-refractivity contribution in [3.05, 3.63) is 29.6 Å². The van der Waals surface area contributed by atoms with Crippen molar-refractivity contribution in [2.75, 3.05) is 18.4 Å². The van der Waals surface area contributed by atoms with Crippen LogP contribution >= 0.6 is 0 Å². The van der Waals surface area contributed by atoms with Crippen LogP contribution in [0.25, 0.3) is 0 Å². The third-order valence-electron chi connectivity index (χ3n) is 4.50. The van der Waals surface area contributed by atoms with Crippen molar-refractivity contribution >= 4 is 17.6 Å². The van der Waals surface area contributed by atoms with E-state index in [2.05, 4.69) is 10.6 Å². The number of aryl methyl sites for hydroxylation is 1. The van der Waals surface area contributed by atoms with Gasteiger partial charge in [0.05, 0.1) is 0 Å². The molecule has 2 fully saturated rings. The number of amides is 3. The van der Waals surface area contributed by atoms with Crippen LogP contribution in [0.4, 0.5) is 14.9 Å². The lowest BCUT2D eigenvalue weighted by molar-refractivity contribution is -0.126. The molecule has 0 atom stereocenters. The van der Waals surface area contributed by atoms with Gasteiger partial charge >= 0.3 is 6.03 Å². The fourth-order valence-corrected chi connectivity index (χ4v) is 2.76. The number of anilines is 1. The van der Waals surface area contributed by atoms with Gasteiger partial charge in [-0.3, -0.25) is 4.79 Å². The maximum absolute atomic E-state index is 13.5. The Labute approximate surface area is 135 Å². The minimum Gasteiger partial charge on any atom is -0.353 e. The number of carbonyl (C=O) groups is 2. The van der Waals surface area contributed by atoms with E-state index in [-0.39, 0.29) is 23.7 Å². The van der Waals surface area contributed by atoms with Crippen molar-refractivity contribution in [2.24, 2.45) is 5.92 Å². The highest BCUT2D eigenvalue weighted by atomic mass is 19.1. The number of hydrogen-bond donors (Lipinski definition) is 2. The van der Waals surface area contributed by atoms with E-state index in [9.17, 15) is 14.0 Å². The van der Waals surface area contributed by atoms with E-state index in [0.29, 0.717) is 43.2 Å². The predicted octanol–water partition coefficient (Wildman–Crippen LogP) is 2.66. The highest BCUT2D eigenvalue weighted by molar-refractivity contribution is 5.89. The van der Waals surface area contributed by atoms with Crippen LogP contribution in [0.3, 0.4) is 0 Å². The maximum atomic E-state index is 13.5. The molecule has 0 spiro atoms. The number of urea groups is 1. The molecule has 1 aliphatic carbocycles. The summed E-state index contributed by atoms with van der Waals surface area (Å²) in [6, 6.07) is 4.78. The minimum atomic E-state index is -0.335. The summed E-state index contributed by atoms with van der Waals surface area (Å²) in [6.07, 6.45) is 3.52. The topological polar surface area (TPSA) is 61.4 Å². The van der Waals surface area contributed by atoms with E-state index in [1.165, 1.54) is 6.07 Å². The summed E-state index contributed by atoms with van der Waals surface area (Å²) in [6.45, 7) is 2.77. The molecule has 1 heterocycles. The molecule has 0 bridgehead atoms. The zero-order valence-electron chi connectivity index (χ0n) is 13.3. The first kappa shape index (κ1) is 15.8. The normalized spacial score (nSPS) is 18.6. The van der Waals surface area contributed by atoms with Gasteiger partial charge in [0.1, 0.15) is 5.82 Å².